The summed E-state index contributed by atoms with van der Waals surface area (Å²) in [6.45, 7) is 12.4. The molecular formula is C15H28O4. The van der Waals surface area contributed by atoms with Crippen molar-refractivity contribution in [1.29, 1.82) is 0 Å². The lowest BCUT2D eigenvalue weighted by Gasteiger charge is -2.15. The van der Waals surface area contributed by atoms with E-state index in [1.165, 1.54) is 0 Å². The van der Waals surface area contributed by atoms with Gasteiger partial charge in [0, 0.05) is 5.92 Å². The zero-order chi connectivity index (χ0) is 15.0. The van der Waals surface area contributed by atoms with Gasteiger partial charge in [-0.1, -0.05) is 34.6 Å². The highest BCUT2D eigenvalue weighted by molar-refractivity contribution is 5.74. The van der Waals surface area contributed by atoms with Gasteiger partial charge in [0.25, 0.3) is 0 Å². The van der Waals surface area contributed by atoms with Crippen molar-refractivity contribution < 1.29 is 19.1 Å². The normalized spacial score (nSPS) is 33.2. The van der Waals surface area contributed by atoms with Crippen LogP contribution in [0, 0.1) is 17.8 Å². The Bertz CT molecular complexity index is 288. The second-order valence-electron chi connectivity index (χ2n) is 5.00. The fraction of sp³-hybridized carbons (Fsp3) is 0.867. The van der Waals surface area contributed by atoms with Gasteiger partial charge in [-0.15, -0.1) is 0 Å². The first-order chi connectivity index (χ1) is 8.93. The second-order valence-corrected chi connectivity index (χ2v) is 5.00. The fourth-order valence-corrected chi connectivity index (χ4v) is 1.84. The molecule has 0 bridgehead atoms. The van der Waals surface area contributed by atoms with Gasteiger partial charge in [0.1, 0.15) is 6.10 Å². The molecule has 0 aliphatic carbocycles. The minimum atomic E-state index is -0.0463. The Hall–Kier alpha value is -1.06. The molecule has 4 heteroatoms. The SMILES string of the molecule is CC.CC1CCCOC1=O.CC1OC(=O)C(C)C1C. The van der Waals surface area contributed by atoms with Gasteiger partial charge in [0.05, 0.1) is 18.4 Å². The van der Waals surface area contributed by atoms with Crippen molar-refractivity contribution in [1.82, 2.24) is 0 Å². The highest BCUT2D eigenvalue weighted by Gasteiger charge is 2.35. The van der Waals surface area contributed by atoms with Crippen LogP contribution in [0.25, 0.3) is 0 Å². The van der Waals surface area contributed by atoms with E-state index < -0.39 is 0 Å². The Morgan fingerprint density at radius 1 is 1.00 bits per heavy atom. The zero-order valence-corrected chi connectivity index (χ0v) is 13.1. The lowest BCUT2D eigenvalue weighted by Crippen LogP contribution is -2.20. The number of hydrogen-bond acceptors (Lipinski definition) is 4. The molecule has 0 aromatic carbocycles. The van der Waals surface area contributed by atoms with Crippen molar-refractivity contribution in [3.05, 3.63) is 0 Å². The van der Waals surface area contributed by atoms with E-state index in [9.17, 15) is 9.59 Å². The third-order valence-electron chi connectivity index (χ3n) is 3.63. The topological polar surface area (TPSA) is 52.6 Å². The molecule has 4 nitrogen and oxygen atoms in total. The van der Waals surface area contributed by atoms with Gasteiger partial charge in [-0.05, 0) is 19.8 Å². The van der Waals surface area contributed by atoms with Gasteiger partial charge < -0.3 is 9.47 Å². The Morgan fingerprint density at radius 2 is 1.58 bits per heavy atom. The maximum atomic E-state index is 10.8. The van der Waals surface area contributed by atoms with Crippen molar-refractivity contribution in [2.75, 3.05) is 6.61 Å². The van der Waals surface area contributed by atoms with Crippen LogP contribution in [-0.4, -0.2) is 24.6 Å². The molecule has 2 fully saturated rings. The number of carbonyl (C=O) groups is 2. The lowest BCUT2D eigenvalue weighted by atomic mass is 9.95. The molecular weight excluding hydrogens is 244 g/mol. The molecule has 112 valence electrons. The molecule has 0 radical (unpaired) electrons. The molecule has 0 aromatic rings. The molecule has 2 aliphatic rings. The van der Waals surface area contributed by atoms with Crippen LogP contribution in [0.3, 0.4) is 0 Å². The predicted octanol–water partition coefficient (Wildman–Crippen LogP) is 3.19. The van der Waals surface area contributed by atoms with Crippen molar-refractivity contribution in [3.63, 3.8) is 0 Å². The standard InChI is InChI=1S/C7H12O2.C6H10O2.C2H6/c1-4-5(2)7(8)9-6(4)3;1-5-3-2-4-8-6(5)7;1-2/h4-6H,1-3H3;5H,2-4H2,1H3;1-2H3. The molecule has 0 N–H and O–H groups in total. The number of esters is 2. The minimum Gasteiger partial charge on any atom is -0.465 e. The maximum absolute atomic E-state index is 10.8. The Kier molecular flexibility index (Phi) is 8.44. The maximum Gasteiger partial charge on any atom is 0.309 e. The van der Waals surface area contributed by atoms with Crippen LogP contribution in [0.15, 0.2) is 0 Å². The highest BCUT2D eigenvalue weighted by Crippen LogP contribution is 2.26. The molecule has 2 rings (SSSR count). The summed E-state index contributed by atoms with van der Waals surface area (Å²) in [7, 11) is 0. The molecule has 0 saturated carbocycles. The number of hydrogen-bond donors (Lipinski definition) is 0. The lowest BCUT2D eigenvalue weighted by molar-refractivity contribution is -0.152. The van der Waals surface area contributed by atoms with Crippen LogP contribution in [0.2, 0.25) is 0 Å². The van der Waals surface area contributed by atoms with Crippen LogP contribution >= 0.6 is 0 Å². The summed E-state index contributed by atoms with van der Waals surface area (Å²) in [6, 6.07) is 0. The van der Waals surface area contributed by atoms with E-state index in [0.29, 0.717) is 12.5 Å². The van der Waals surface area contributed by atoms with Gasteiger partial charge in [-0.25, -0.2) is 0 Å². The smallest absolute Gasteiger partial charge is 0.309 e. The van der Waals surface area contributed by atoms with Gasteiger partial charge in [0.15, 0.2) is 0 Å². The van der Waals surface area contributed by atoms with Crippen LogP contribution in [-0.2, 0) is 19.1 Å². The van der Waals surface area contributed by atoms with Gasteiger partial charge in [0.2, 0.25) is 0 Å². The van der Waals surface area contributed by atoms with Crippen LogP contribution in [0.5, 0.6) is 0 Å². The largest absolute Gasteiger partial charge is 0.465 e. The van der Waals surface area contributed by atoms with Gasteiger partial charge >= 0.3 is 11.9 Å². The quantitative estimate of drug-likeness (QED) is 0.635. The summed E-state index contributed by atoms with van der Waals surface area (Å²) in [6.07, 6.45) is 2.15. The van der Waals surface area contributed by atoms with E-state index in [-0.39, 0.29) is 29.9 Å². The number of ether oxygens (including phenoxy) is 2. The van der Waals surface area contributed by atoms with E-state index in [0.717, 1.165) is 12.8 Å². The summed E-state index contributed by atoms with van der Waals surface area (Å²) in [5.74, 6) is 0.549. The summed E-state index contributed by atoms with van der Waals surface area (Å²) >= 11 is 0. The van der Waals surface area contributed by atoms with E-state index in [1.807, 2.05) is 41.5 Å². The Morgan fingerprint density at radius 3 is 1.79 bits per heavy atom. The average molecular weight is 272 g/mol. The average Bonchev–Trinajstić information content (AvgIpc) is 2.63. The van der Waals surface area contributed by atoms with Gasteiger partial charge in [-0.3, -0.25) is 9.59 Å². The molecule has 19 heavy (non-hydrogen) atoms. The number of rotatable bonds is 0. The second kappa shape index (κ2) is 8.94. The Labute approximate surface area is 116 Å². The van der Waals surface area contributed by atoms with Crippen LogP contribution < -0.4 is 0 Å². The first-order valence-electron chi connectivity index (χ1n) is 7.30. The highest BCUT2D eigenvalue weighted by atomic mass is 16.6. The van der Waals surface area contributed by atoms with Crippen LogP contribution in [0.4, 0.5) is 0 Å². The van der Waals surface area contributed by atoms with E-state index in [1.54, 1.807) is 0 Å². The van der Waals surface area contributed by atoms with Crippen molar-refractivity contribution in [2.24, 2.45) is 17.8 Å². The fourth-order valence-electron chi connectivity index (χ4n) is 1.84. The third-order valence-corrected chi connectivity index (χ3v) is 3.63. The van der Waals surface area contributed by atoms with E-state index in [2.05, 4.69) is 0 Å². The third kappa shape index (κ3) is 5.62. The monoisotopic (exact) mass is 272 g/mol. The van der Waals surface area contributed by atoms with Crippen molar-refractivity contribution in [2.45, 2.75) is 60.5 Å². The molecule has 0 amide bonds. The molecule has 2 saturated heterocycles. The molecule has 4 atom stereocenters. The minimum absolute atomic E-state index is 0.0312. The number of cyclic esters (lactones) is 2. The van der Waals surface area contributed by atoms with E-state index >= 15 is 0 Å². The molecule has 2 heterocycles. The predicted molar refractivity (Wildman–Crippen MR) is 74.6 cm³/mol. The molecule has 0 spiro atoms. The summed E-state index contributed by atoms with van der Waals surface area (Å²) in [5.41, 5.74) is 0. The molecule has 4 unspecified atom stereocenters. The summed E-state index contributed by atoms with van der Waals surface area (Å²) in [4.78, 5) is 21.3. The van der Waals surface area contributed by atoms with Crippen molar-refractivity contribution in [3.8, 4) is 0 Å². The zero-order valence-electron chi connectivity index (χ0n) is 13.1. The number of carbonyl (C=O) groups excluding carboxylic acids is 2. The molecule has 2 aliphatic heterocycles. The molecule has 0 aromatic heterocycles. The van der Waals surface area contributed by atoms with E-state index in [4.69, 9.17) is 9.47 Å². The first kappa shape index (κ1) is 17.9. The Balaban J connectivity index is 0.000000303. The summed E-state index contributed by atoms with van der Waals surface area (Å²) in [5, 5.41) is 0. The first-order valence-corrected chi connectivity index (χ1v) is 7.30. The summed E-state index contributed by atoms with van der Waals surface area (Å²) < 4.78 is 9.70. The van der Waals surface area contributed by atoms with Crippen LogP contribution in [0.1, 0.15) is 54.4 Å². The van der Waals surface area contributed by atoms with Crippen molar-refractivity contribution >= 4 is 11.9 Å². The van der Waals surface area contributed by atoms with Gasteiger partial charge in [-0.2, -0.15) is 0 Å².